The second kappa shape index (κ2) is 5.56. The van der Waals surface area contributed by atoms with Crippen molar-refractivity contribution in [1.82, 2.24) is 4.31 Å². The quantitative estimate of drug-likeness (QED) is 0.918. The van der Waals surface area contributed by atoms with Crippen molar-refractivity contribution < 1.29 is 12.8 Å². The van der Waals surface area contributed by atoms with Gasteiger partial charge in [0.1, 0.15) is 10.7 Å². The lowest BCUT2D eigenvalue weighted by Gasteiger charge is -2.34. The summed E-state index contributed by atoms with van der Waals surface area (Å²) < 4.78 is 40.5. The standard InChI is InChI=1S/C13H19FN2O2S/c1-10-5-4-7-12(14)13(10)19(17,18)16-8-3-2-6-11(16)9-15/h4-5,7,11H,2-3,6,8-9,15H2,1H3. The molecule has 2 rings (SSSR count). The minimum absolute atomic E-state index is 0.213. The maximum absolute atomic E-state index is 13.9. The van der Waals surface area contributed by atoms with Crippen molar-refractivity contribution >= 4 is 10.0 Å². The Morgan fingerprint density at radius 1 is 1.42 bits per heavy atom. The van der Waals surface area contributed by atoms with Crippen LogP contribution in [-0.2, 0) is 10.0 Å². The zero-order chi connectivity index (χ0) is 14.0. The summed E-state index contributed by atoms with van der Waals surface area (Å²) in [7, 11) is -3.81. The van der Waals surface area contributed by atoms with Gasteiger partial charge in [-0.15, -0.1) is 0 Å². The van der Waals surface area contributed by atoms with Crippen molar-refractivity contribution in [2.45, 2.75) is 37.1 Å². The summed E-state index contributed by atoms with van der Waals surface area (Å²) in [6.45, 7) is 2.29. The van der Waals surface area contributed by atoms with Gasteiger partial charge in [-0.3, -0.25) is 0 Å². The van der Waals surface area contributed by atoms with Gasteiger partial charge in [0.05, 0.1) is 0 Å². The molecule has 1 aliphatic heterocycles. The number of hydrogen-bond donors (Lipinski definition) is 1. The zero-order valence-electron chi connectivity index (χ0n) is 11.0. The third-order valence-corrected chi connectivity index (χ3v) is 5.71. The maximum Gasteiger partial charge on any atom is 0.246 e. The van der Waals surface area contributed by atoms with E-state index < -0.39 is 15.8 Å². The molecule has 0 radical (unpaired) electrons. The highest BCUT2D eigenvalue weighted by Crippen LogP contribution is 2.28. The number of rotatable bonds is 3. The Morgan fingerprint density at radius 3 is 2.79 bits per heavy atom. The van der Waals surface area contributed by atoms with Crippen LogP contribution < -0.4 is 5.73 Å². The van der Waals surface area contributed by atoms with Gasteiger partial charge in [-0.2, -0.15) is 4.31 Å². The van der Waals surface area contributed by atoms with Crippen LogP contribution >= 0.6 is 0 Å². The van der Waals surface area contributed by atoms with E-state index >= 15 is 0 Å². The maximum atomic E-state index is 13.9. The highest BCUT2D eigenvalue weighted by Gasteiger charge is 2.35. The smallest absolute Gasteiger partial charge is 0.246 e. The molecule has 2 N–H and O–H groups in total. The van der Waals surface area contributed by atoms with Gasteiger partial charge in [0.15, 0.2) is 0 Å². The molecule has 1 aromatic rings. The Bertz CT molecular complexity index is 540. The molecule has 1 unspecified atom stereocenters. The van der Waals surface area contributed by atoms with Crippen molar-refractivity contribution in [2.24, 2.45) is 5.73 Å². The molecule has 1 heterocycles. The second-order valence-corrected chi connectivity index (χ2v) is 6.71. The van der Waals surface area contributed by atoms with Crippen LogP contribution in [-0.4, -0.2) is 31.9 Å². The molecular weight excluding hydrogens is 267 g/mol. The summed E-state index contributed by atoms with van der Waals surface area (Å²) in [5.74, 6) is -0.693. The molecule has 0 aromatic heterocycles. The summed E-state index contributed by atoms with van der Waals surface area (Å²) in [6.07, 6.45) is 2.50. The van der Waals surface area contributed by atoms with Crippen LogP contribution in [0.5, 0.6) is 0 Å². The van der Waals surface area contributed by atoms with Crippen molar-refractivity contribution in [1.29, 1.82) is 0 Å². The highest BCUT2D eigenvalue weighted by molar-refractivity contribution is 7.89. The Balaban J connectivity index is 2.47. The predicted molar refractivity (Wildman–Crippen MR) is 71.7 cm³/mol. The number of hydrogen-bond acceptors (Lipinski definition) is 3. The van der Waals surface area contributed by atoms with E-state index in [2.05, 4.69) is 0 Å². The van der Waals surface area contributed by atoms with E-state index in [-0.39, 0.29) is 17.5 Å². The predicted octanol–water partition coefficient (Wildman–Crippen LogP) is 1.64. The van der Waals surface area contributed by atoms with Gasteiger partial charge < -0.3 is 5.73 Å². The molecule has 0 bridgehead atoms. The Kier molecular flexibility index (Phi) is 4.23. The molecule has 0 spiro atoms. The van der Waals surface area contributed by atoms with Crippen molar-refractivity contribution in [3.8, 4) is 0 Å². The van der Waals surface area contributed by atoms with Crippen molar-refractivity contribution in [2.75, 3.05) is 13.1 Å². The van der Waals surface area contributed by atoms with Gasteiger partial charge in [-0.25, -0.2) is 12.8 Å². The van der Waals surface area contributed by atoms with Crippen LogP contribution in [0.3, 0.4) is 0 Å². The molecular formula is C13H19FN2O2S. The van der Waals surface area contributed by atoms with Crippen molar-refractivity contribution in [3.63, 3.8) is 0 Å². The van der Waals surface area contributed by atoms with Crippen LogP contribution in [0.25, 0.3) is 0 Å². The summed E-state index contributed by atoms with van der Waals surface area (Å²) in [4.78, 5) is -0.213. The van der Waals surface area contributed by atoms with Crippen LogP contribution in [0.1, 0.15) is 24.8 Å². The van der Waals surface area contributed by atoms with Gasteiger partial charge in [0, 0.05) is 19.1 Å². The number of piperidine rings is 1. The largest absolute Gasteiger partial charge is 0.329 e. The van der Waals surface area contributed by atoms with Crippen LogP contribution in [0.2, 0.25) is 0 Å². The number of nitrogens with two attached hydrogens (primary N) is 1. The molecule has 0 amide bonds. The molecule has 1 atom stereocenters. The first-order valence-electron chi connectivity index (χ1n) is 6.45. The molecule has 106 valence electrons. The lowest BCUT2D eigenvalue weighted by molar-refractivity contribution is 0.256. The first-order valence-corrected chi connectivity index (χ1v) is 7.89. The topological polar surface area (TPSA) is 63.4 Å². The fourth-order valence-corrected chi connectivity index (χ4v) is 4.56. The van der Waals surface area contributed by atoms with Gasteiger partial charge in [-0.1, -0.05) is 18.6 Å². The van der Waals surface area contributed by atoms with E-state index in [1.165, 1.54) is 16.4 Å². The number of sulfonamides is 1. The molecule has 19 heavy (non-hydrogen) atoms. The normalized spacial score (nSPS) is 21.5. The first-order chi connectivity index (χ1) is 8.98. The van der Waals surface area contributed by atoms with Crippen molar-refractivity contribution in [3.05, 3.63) is 29.6 Å². The minimum Gasteiger partial charge on any atom is -0.329 e. The molecule has 0 saturated carbocycles. The lowest BCUT2D eigenvalue weighted by atomic mass is 10.1. The summed E-state index contributed by atoms with van der Waals surface area (Å²) in [6, 6.07) is 4.08. The monoisotopic (exact) mass is 286 g/mol. The third kappa shape index (κ3) is 2.66. The van der Waals surface area contributed by atoms with Gasteiger partial charge in [0.2, 0.25) is 10.0 Å². The molecule has 1 saturated heterocycles. The van der Waals surface area contributed by atoms with Gasteiger partial charge >= 0.3 is 0 Å². The Labute approximate surface area is 113 Å². The van der Waals surface area contributed by atoms with Gasteiger partial charge in [0.25, 0.3) is 0 Å². The SMILES string of the molecule is Cc1cccc(F)c1S(=O)(=O)N1CCCCC1CN. The summed E-state index contributed by atoms with van der Waals surface area (Å²) in [5.41, 5.74) is 6.08. The molecule has 0 aliphatic carbocycles. The van der Waals surface area contributed by atoms with Crippen LogP contribution in [0, 0.1) is 12.7 Å². The minimum atomic E-state index is -3.81. The Hall–Kier alpha value is -0.980. The van der Waals surface area contributed by atoms with E-state index in [1.54, 1.807) is 13.0 Å². The number of halogens is 1. The van der Waals surface area contributed by atoms with Gasteiger partial charge in [-0.05, 0) is 31.4 Å². The lowest BCUT2D eigenvalue weighted by Crippen LogP contribution is -2.47. The molecule has 6 heteroatoms. The highest BCUT2D eigenvalue weighted by atomic mass is 32.2. The summed E-state index contributed by atoms with van der Waals surface area (Å²) >= 11 is 0. The number of nitrogens with zero attached hydrogens (tertiary/aromatic N) is 1. The van der Waals surface area contributed by atoms with E-state index in [9.17, 15) is 12.8 Å². The fraction of sp³-hybridized carbons (Fsp3) is 0.538. The van der Waals surface area contributed by atoms with E-state index in [0.717, 1.165) is 19.3 Å². The van der Waals surface area contributed by atoms with E-state index in [1.807, 2.05) is 0 Å². The van der Waals surface area contributed by atoms with Crippen LogP contribution in [0.4, 0.5) is 4.39 Å². The first kappa shape index (κ1) is 14.4. The molecule has 4 nitrogen and oxygen atoms in total. The molecule has 1 aromatic carbocycles. The third-order valence-electron chi connectivity index (χ3n) is 3.58. The molecule has 1 fully saturated rings. The second-order valence-electron chi connectivity index (χ2n) is 4.89. The van der Waals surface area contributed by atoms with E-state index in [0.29, 0.717) is 12.1 Å². The number of benzene rings is 1. The average Bonchev–Trinajstić information content (AvgIpc) is 2.38. The summed E-state index contributed by atoms with van der Waals surface area (Å²) in [5, 5.41) is 0. The fourth-order valence-electron chi connectivity index (χ4n) is 2.59. The molecule has 1 aliphatic rings. The number of aryl methyl sites for hydroxylation is 1. The Morgan fingerprint density at radius 2 is 2.16 bits per heavy atom. The average molecular weight is 286 g/mol. The zero-order valence-corrected chi connectivity index (χ0v) is 11.8. The van der Waals surface area contributed by atoms with Crippen LogP contribution in [0.15, 0.2) is 23.1 Å². The van der Waals surface area contributed by atoms with E-state index in [4.69, 9.17) is 5.73 Å².